The van der Waals surface area contributed by atoms with Crippen LogP contribution in [-0.2, 0) is 4.74 Å². The summed E-state index contributed by atoms with van der Waals surface area (Å²) in [6.45, 7) is 2.40. The molecule has 0 saturated heterocycles. The van der Waals surface area contributed by atoms with Crippen molar-refractivity contribution in [3.8, 4) is 0 Å². The number of nitrogens with one attached hydrogen (secondary N) is 2. The van der Waals surface area contributed by atoms with Crippen molar-refractivity contribution in [1.82, 2.24) is 15.5 Å². The third kappa shape index (κ3) is 2.62. The average Bonchev–Trinajstić information content (AvgIpc) is 2.75. The zero-order valence-corrected chi connectivity index (χ0v) is 9.86. The highest BCUT2D eigenvalue weighted by atomic mass is 16.5. The summed E-state index contributed by atoms with van der Waals surface area (Å²) in [6, 6.07) is 5.43. The largest absolute Gasteiger partial charge is 0.383 e. The third-order valence-electron chi connectivity index (χ3n) is 2.50. The van der Waals surface area contributed by atoms with Crippen LogP contribution in [0.25, 0.3) is 10.9 Å². The second-order valence-corrected chi connectivity index (χ2v) is 4.00. The number of ether oxygens (including phenoxy) is 1. The number of amides is 1. The summed E-state index contributed by atoms with van der Waals surface area (Å²) in [6.07, 6.45) is 1.73. The summed E-state index contributed by atoms with van der Waals surface area (Å²) in [7, 11) is 1.61. The van der Waals surface area contributed by atoms with Crippen LogP contribution >= 0.6 is 0 Å². The van der Waals surface area contributed by atoms with Gasteiger partial charge in [-0.05, 0) is 19.1 Å². The van der Waals surface area contributed by atoms with E-state index in [9.17, 15) is 4.79 Å². The van der Waals surface area contributed by atoms with Crippen molar-refractivity contribution in [3.05, 3.63) is 30.0 Å². The number of H-pyrrole nitrogens is 1. The van der Waals surface area contributed by atoms with Crippen LogP contribution in [0.5, 0.6) is 0 Å². The molecule has 0 radical (unpaired) electrons. The van der Waals surface area contributed by atoms with Crippen molar-refractivity contribution in [2.45, 2.75) is 13.0 Å². The maximum atomic E-state index is 11.9. The summed E-state index contributed by atoms with van der Waals surface area (Å²) in [5, 5.41) is 10.6. The summed E-state index contributed by atoms with van der Waals surface area (Å²) in [5.74, 6) is -0.106. The minimum absolute atomic E-state index is 0.00929. The summed E-state index contributed by atoms with van der Waals surface area (Å²) < 4.78 is 4.97. The van der Waals surface area contributed by atoms with Crippen LogP contribution in [0.15, 0.2) is 24.4 Å². The minimum atomic E-state index is -0.106. The maximum absolute atomic E-state index is 11.9. The number of hydrogen-bond donors (Lipinski definition) is 2. The Bertz CT molecular complexity index is 521. The Kier molecular flexibility index (Phi) is 3.39. The van der Waals surface area contributed by atoms with Gasteiger partial charge in [-0.3, -0.25) is 9.89 Å². The quantitative estimate of drug-likeness (QED) is 0.837. The third-order valence-corrected chi connectivity index (χ3v) is 2.50. The second kappa shape index (κ2) is 4.97. The molecule has 1 unspecified atom stereocenters. The van der Waals surface area contributed by atoms with Crippen LogP contribution in [0.4, 0.5) is 0 Å². The monoisotopic (exact) mass is 233 g/mol. The number of carbonyl (C=O) groups excluding carboxylic acids is 1. The molecule has 2 rings (SSSR count). The van der Waals surface area contributed by atoms with Crippen molar-refractivity contribution in [2.75, 3.05) is 13.7 Å². The maximum Gasteiger partial charge on any atom is 0.251 e. The first-order valence-corrected chi connectivity index (χ1v) is 5.43. The van der Waals surface area contributed by atoms with Gasteiger partial charge in [-0.25, -0.2) is 0 Å². The smallest absolute Gasteiger partial charge is 0.251 e. The summed E-state index contributed by atoms with van der Waals surface area (Å²) in [4.78, 5) is 11.9. The molecular weight excluding hydrogens is 218 g/mol. The fourth-order valence-corrected chi connectivity index (χ4v) is 1.68. The Balaban J connectivity index is 2.13. The average molecular weight is 233 g/mol. The molecular formula is C12H15N3O2. The van der Waals surface area contributed by atoms with E-state index in [0.29, 0.717) is 12.2 Å². The van der Waals surface area contributed by atoms with E-state index < -0.39 is 0 Å². The topological polar surface area (TPSA) is 67.0 Å². The van der Waals surface area contributed by atoms with E-state index in [2.05, 4.69) is 15.5 Å². The van der Waals surface area contributed by atoms with Gasteiger partial charge in [0.1, 0.15) is 0 Å². The number of methoxy groups -OCH3 is 1. The van der Waals surface area contributed by atoms with Gasteiger partial charge in [0.15, 0.2) is 0 Å². The Morgan fingerprint density at radius 2 is 2.41 bits per heavy atom. The minimum Gasteiger partial charge on any atom is -0.383 e. The lowest BCUT2D eigenvalue weighted by molar-refractivity contribution is 0.0905. The number of aromatic nitrogens is 2. The number of benzene rings is 1. The summed E-state index contributed by atoms with van der Waals surface area (Å²) >= 11 is 0. The van der Waals surface area contributed by atoms with Gasteiger partial charge in [0, 0.05) is 24.1 Å². The van der Waals surface area contributed by atoms with Crippen LogP contribution in [-0.4, -0.2) is 35.9 Å². The Hall–Kier alpha value is -1.88. The van der Waals surface area contributed by atoms with Crippen LogP contribution in [0.2, 0.25) is 0 Å². The number of rotatable bonds is 4. The Morgan fingerprint density at radius 1 is 1.59 bits per heavy atom. The SMILES string of the molecule is COCC(C)NC(=O)c1ccc2cn[nH]c2c1. The van der Waals surface area contributed by atoms with Gasteiger partial charge in [-0.1, -0.05) is 6.07 Å². The van der Waals surface area contributed by atoms with Gasteiger partial charge in [-0.2, -0.15) is 5.10 Å². The number of aromatic amines is 1. The van der Waals surface area contributed by atoms with Gasteiger partial charge in [0.05, 0.1) is 18.3 Å². The predicted octanol–water partition coefficient (Wildman–Crippen LogP) is 1.33. The molecule has 0 spiro atoms. The molecule has 0 bridgehead atoms. The molecule has 0 aliphatic carbocycles. The normalized spacial score (nSPS) is 12.6. The van der Waals surface area contributed by atoms with E-state index in [1.165, 1.54) is 0 Å². The zero-order chi connectivity index (χ0) is 12.3. The van der Waals surface area contributed by atoms with Crippen molar-refractivity contribution in [3.63, 3.8) is 0 Å². The van der Waals surface area contributed by atoms with Crippen molar-refractivity contribution in [1.29, 1.82) is 0 Å². The highest BCUT2D eigenvalue weighted by Gasteiger charge is 2.10. The molecule has 5 heteroatoms. The molecule has 2 aromatic rings. The number of carbonyl (C=O) groups is 1. The molecule has 1 aromatic heterocycles. The molecule has 0 fully saturated rings. The lowest BCUT2D eigenvalue weighted by Crippen LogP contribution is -2.35. The predicted molar refractivity (Wildman–Crippen MR) is 64.9 cm³/mol. The fraction of sp³-hybridized carbons (Fsp3) is 0.333. The van der Waals surface area contributed by atoms with Gasteiger partial charge in [0.25, 0.3) is 5.91 Å². The number of hydrogen-bond acceptors (Lipinski definition) is 3. The highest BCUT2D eigenvalue weighted by Crippen LogP contribution is 2.12. The lowest BCUT2D eigenvalue weighted by Gasteiger charge is -2.12. The van der Waals surface area contributed by atoms with Crippen LogP contribution in [0, 0.1) is 0 Å². The molecule has 1 amide bonds. The van der Waals surface area contributed by atoms with Crippen molar-refractivity contribution in [2.24, 2.45) is 0 Å². The van der Waals surface area contributed by atoms with Crippen LogP contribution in [0.1, 0.15) is 17.3 Å². The first kappa shape index (κ1) is 11.6. The summed E-state index contributed by atoms with van der Waals surface area (Å²) in [5.41, 5.74) is 1.47. The number of fused-ring (bicyclic) bond motifs is 1. The van der Waals surface area contributed by atoms with E-state index in [1.54, 1.807) is 25.4 Å². The van der Waals surface area contributed by atoms with Gasteiger partial charge in [0.2, 0.25) is 0 Å². The fourth-order valence-electron chi connectivity index (χ4n) is 1.68. The van der Waals surface area contributed by atoms with Crippen molar-refractivity contribution < 1.29 is 9.53 Å². The standard InChI is InChI=1S/C12H15N3O2/c1-8(7-17-2)14-12(16)9-3-4-10-6-13-15-11(10)5-9/h3-6,8H,7H2,1-2H3,(H,13,15)(H,14,16). The van der Waals surface area contributed by atoms with E-state index in [0.717, 1.165) is 10.9 Å². The first-order chi connectivity index (χ1) is 8.20. The Labute approximate surface area is 99.2 Å². The molecule has 0 aliphatic rings. The molecule has 1 heterocycles. The lowest BCUT2D eigenvalue weighted by atomic mass is 10.1. The van der Waals surface area contributed by atoms with Gasteiger partial charge >= 0.3 is 0 Å². The first-order valence-electron chi connectivity index (χ1n) is 5.43. The van der Waals surface area contributed by atoms with E-state index in [-0.39, 0.29) is 11.9 Å². The molecule has 0 aliphatic heterocycles. The van der Waals surface area contributed by atoms with E-state index in [4.69, 9.17) is 4.74 Å². The number of nitrogens with zero attached hydrogens (tertiary/aromatic N) is 1. The van der Waals surface area contributed by atoms with Gasteiger partial charge in [-0.15, -0.1) is 0 Å². The van der Waals surface area contributed by atoms with E-state index in [1.807, 2.05) is 13.0 Å². The molecule has 90 valence electrons. The highest BCUT2D eigenvalue weighted by molar-refractivity contribution is 5.97. The van der Waals surface area contributed by atoms with Crippen molar-refractivity contribution >= 4 is 16.8 Å². The molecule has 17 heavy (non-hydrogen) atoms. The van der Waals surface area contributed by atoms with E-state index >= 15 is 0 Å². The molecule has 5 nitrogen and oxygen atoms in total. The molecule has 0 saturated carbocycles. The second-order valence-electron chi connectivity index (χ2n) is 4.00. The molecule has 2 N–H and O–H groups in total. The molecule has 1 aromatic carbocycles. The Morgan fingerprint density at radius 3 is 3.18 bits per heavy atom. The van der Waals surface area contributed by atoms with Crippen LogP contribution < -0.4 is 5.32 Å². The zero-order valence-electron chi connectivity index (χ0n) is 9.86. The van der Waals surface area contributed by atoms with Gasteiger partial charge < -0.3 is 10.1 Å². The molecule has 1 atom stereocenters. The van der Waals surface area contributed by atoms with Crippen LogP contribution in [0.3, 0.4) is 0 Å².